The van der Waals surface area contributed by atoms with Gasteiger partial charge in [-0.2, -0.15) is 0 Å². The molecule has 14 heteroatoms. The maximum absolute atomic E-state index is 12.9. The number of rotatable bonds is 8. The molecule has 0 saturated carbocycles. The molecule has 1 fully saturated rings. The Kier molecular flexibility index (Phi) is 9.19. The van der Waals surface area contributed by atoms with E-state index in [1.807, 2.05) is 0 Å². The van der Waals surface area contributed by atoms with Gasteiger partial charge in [-0.1, -0.05) is 0 Å². The number of phenols is 2. The molecule has 0 unspecified atom stereocenters. The highest BCUT2D eigenvalue weighted by Gasteiger charge is 2.53. The Balaban J connectivity index is 1.77. The van der Waals surface area contributed by atoms with E-state index in [9.17, 15) is 34.2 Å². The van der Waals surface area contributed by atoms with E-state index in [0.717, 1.165) is 33.8 Å². The smallest absolute Gasteiger partial charge is 0.303 e. The van der Waals surface area contributed by atoms with Crippen LogP contribution in [0, 0.1) is 0 Å². The summed E-state index contributed by atoms with van der Waals surface area (Å²) >= 11 is 0. The summed E-state index contributed by atoms with van der Waals surface area (Å²) in [4.78, 5) is 60.4. The number of hydrogen-bond acceptors (Lipinski definition) is 14. The summed E-state index contributed by atoms with van der Waals surface area (Å²) in [6.45, 7) is 3.92. The van der Waals surface area contributed by atoms with Crippen LogP contribution in [0.1, 0.15) is 27.7 Å². The van der Waals surface area contributed by atoms with Gasteiger partial charge in [0.05, 0.1) is 0 Å². The Labute approximate surface area is 243 Å². The van der Waals surface area contributed by atoms with Crippen LogP contribution in [0.4, 0.5) is 0 Å². The Morgan fingerprint density at radius 1 is 0.791 bits per heavy atom. The molecule has 0 aliphatic carbocycles. The lowest BCUT2D eigenvalue weighted by Crippen LogP contribution is -2.63. The molecule has 1 aliphatic heterocycles. The van der Waals surface area contributed by atoms with Crippen molar-refractivity contribution in [2.24, 2.45) is 0 Å². The number of fused-ring (bicyclic) bond motifs is 1. The van der Waals surface area contributed by atoms with Gasteiger partial charge in [-0.25, -0.2) is 0 Å². The first kappa shape index (κ1) is 30.8. The van der Waals surface area contributed by atoms with Gasteiger partial charge in [-0.15, -0.1) is 0 Å². The van der Waals surface area contributed by atoms with Gasteiger partial charge in [-0.05, 0) is 24.3 Å². The van der Waals surface area contributed by atoms with Crippen LogP contribution in [0.3, 0.4) is 0 Å². The van der Waals surface area contributed by atoms with Crippen molar-refractivity contribution in [1.29, 1.82) is 0 Å². The van der Waals surface area contributed by atoms with E-state index in [0.29, 0.717) is 5.56 Å². The zero-order chi connectivity index (χ0) is 31.4. The van der Waals surface area contributed by atoms with Crippen molar-refractivity contribution in [3.05, 3.63) is 52.7 Å². The summed E-state index contributed by atoms with van der Waals surface area (Å²) < 4.78 is 38.8. The molecule has 1 saturated heterocycles. The molecule has 14 nitrogen and oxygen atoms in total. The summed E-state index contributed by atoms with van der Waals surface area (Å²) in [6.07, 6.45) is -7.22. The zero-order valence-corrected chi connectivity index (χ0v) is 23.4. The molecular weight excluding hydrogens is 572 g/mol. The van der Waals surface area contributed by atoms with E-state index in [-0.39, 0.29) is 28.2 Å². The first-order chi connectivity index (χ1) is 20.3. The van der Waals surface area contributed by atoms with Crippen molar-refractivity contribution in [2.45, 2.75) is 58.4 Å². The molecule has 0 spiro atoms. The SMILES string of the molecule is CC(=O)OC[C@H]1O[C@@H](Oc2cc(O)c3c(=O)cc(-c4ccc(O)cc4)oc3c2)[C@H](OC(C)=O)[C@@H](OC(C)=O)[C@H]1OC(C)=O. The fraction of sp³-hybridized carbons (Fsp3) is 0.345. The summed E-state index contributed by atoms with van der Waals surface area (Å²) in [7, 11) is 0. The molecule has 2 aromatic carbocycles. The number of esters is 4. The summed E-state index contributed by atoms with van der Waals surface area (Å²) in [5.74, 6) is -3.64. The van der Waals surface area contributed by atoms with E-state index in [1.54, 1.807) is 0 Å². The van der Waals surface area contributed by atoms with Crippen molar-refractivity contribution in [2.75, 3.05) is 6.61 Å². The zero-order valence-electron chi connectivity index (χ0n) is 23.4. The molecule has 0 bridgehead atoms. The van der Waals surface area contributed by atoms with Crippen LogP contribution in [0.25, 0.3) is 22.3 Å². The number of aromatic hydroxyl groups is 2. The summed E-state index contributed by atoms with van der Waals surface area (Å²) in [5, 5.41) is 20.1. The lowest BCUT2D eigenvalue weighted by Gasteiger charge is -2.43. The summed E-state index contributed by atoms with van der Waals surface area (Å²) in [5.41, 5.74) is -0.195. The van der Waals surface area contributed by atoms with Crippen molar-refractivity contribution in [1.82, 2.24) is 0 Å². The molecular formula is C29H28O14. The van der Waals surface area contributed by atoms with Crippen LogP contribution < -0.4 is 10.2 Å². The second-order valence-electron chi connectivity index (χ2n) is 9.52. The van der Waals surface area contributed by atoms with Crippen LogP contribution in [0.5, 0.6) is 17.2 Å². The highest BCUT2D eigenvalue weighted by molar-refractivity contribution is 5.86. The van der Waals surface area contributed by atoms with Crippen LogP contribution in [0.15, 0.2) is 51.7 Å². The average Bonchev–Trinajstić information content (AvgIpc) is 2.90. The van der Waals surface area contributed by atoms with Gasteiger partial charge in [0.1, 0.15) is 46.7 Å². The van der Waals surface area contributed by atoms with Crippen molar-refractivity contribution >= 4 is 34.8 Å². The maximum atomic E-state index is 12.9. The molecule has 2 heterocycles. The topological polar surface area (TPSA) is 194 Å². The lowest BCUT2D eigenvalue weighted by molar-refractivity contribution is -0.288. The average molecular weight is 601 g/mol. The van der Waals surface area contributed by atoms with E-state index in [2.05, 4.69) is 0 Å². The summed E-state index contributed by atoms with van der Waals surface area (Å²) in [6, 6.07) is 9.40. The third kappa shape index (κ3) is 7.40. The van der Waals surface area contributed by atoms with Gasteiger partial charge in [-0.3, -0.25) is 24.0 Å². The van der Waals surface area contributed by atoms with E-state index in [1.165, 1.54) is 36.4 Å². The fourth-order valence-corrected chi connectivity index (χ4v) is 4.50. The van der Waals surface area contributed by atoms with Crippen molar-refractivity contribution in [3.63, 3.8) is 0 Å². The molecule has 0 amide bonds. The Hall–Kier alpha value is -5.11. The Morgan fingerprint density at radius 2 is 1.40 bits per heavy atom. The fourth-order valence-electron chi connectivity index (χ4n) is 4.50. The number of carbonyl (C=O) groups is 4. The first-order valence-corrected chi connectivity index (χ1v) is 12.9. The highest BCUT2D eigenvalue weighted by Crippen LogP contribution is 2.35. The Morgan fingerprint density at radius 3 is 2.00 bits per heavy atom. The minimum Gasteiger partial charge on any atom is -0.508 e. The second-order valence-corrected chi connectivity index (χ2v) is 9.52. The van der Waals surface area contributed by atoms with Gasteiger partial charge in [0.15, 0.2) is 17.6 Å². The molecule has 43 heavy (non-hydrogen) atoms. The van der Waals surface area contributed by atoms with Gasteiger partial charge in [0, 0.05) is 51.5 Å². The molecule has 1 aromatic heterocycles. The first-order valence-electron chi connectivity index (χ1n) is 12.9. The number of phenolic OH excluding ortho intramolecular Hbond substituents is 2. The molecule has 2 N–H and O–H groups in total. The number of ether oxygens (including phenoxy) is 6. The van der Waals surface area contributed by atoms with Crippen LogP contribution >= 0.6 is 0 Å². The lowest BCUT2D eigenvalue weighted by atomic mass is 9.98. The minimum atomic E-state index is -1.58. The van der Waals surface area contributed by atoms with Crippen LogP contribution in [-0.2, 0) is 42.9 Å². The van der Waals surface area contributed by atoms with Crippen LogP contribution in [0.2, 0.25) is 0 Å². The maximum Gasteiger partial charge on any atom is 0.303 e. The van der Waals surface area contributed by atoms with Gasteiger partial charge in [0.25, 0.3) is 0 Å². The molecule has 4 rings (SSSR count). The van der Waals surface area contributed by atoms with Crippen molar-refractivity contribution in [3.8, 4) is 28.6 Å². The predicted octanol–water partition coefficient (Wildman–Crippen LogP) is 2.33. The number of carbonyl (C=O) groups excluding carboxylic acids is 4. The quantitative estimate of drug-likeness (QED) is 0.282. The van der Waals surface area contributed by atoms with Gasteiger partial charge >= 0.3 is 23.9 Å². The molecule has 0 radical (unpaired) electrons. The van der Waals surface area contributed by atoms with Crippen LogP contribution in [-0.4, -0.2) is 71.4 Å². The monoisotopic (exact) mass is 600 g/mol. The normalized spacial score (nSPS) is 21.4. The molecule has 228 valence electrons. The molecule has 5 atom stereocenters. The minimum absolute atomic E-state index is 0.00467. The number of hydrogen-bond donors (Lipinski definition) is 2. The van der Waals surface area contributed by atoms with E-state index < -0.39 is 72.4 Å². The predicted molar refractivity (Wildman–Crippen MR) is 144 cm³/mol. The molecule has 1 aliphatic rings. The highest BCUT2D eigenvalue weighted by atomic mass is 16.7. The van der Waals surface area contributed by atoms with E-state index in [4.69, 9.17) is 32.8 Å². The third-order valence-electron chi connectivity index (χ3n) is 6.14. The largest absolute Gasteiger partial charge is 0.508 e. The third-order valence-corrected chi connectivity index (χ3v) is 6.14. The number of benzene rings is 2. The Bertz CT molecular complexity index is 1590. The standard InChI is InChI=1S/C29H28O14/c1-13(30)37-12-24-26(38-14(2)31)27(39-15(3)32)28(40-16(4)33)29(43-24)41-19-9-20(35)25-21(36)11-22(42-23(25)10-19)17-5-7-18(34)8-6-17/h5-11,24,26-29,34-35H,12H2,1-4H3/t24-,26+,27+,28-,29-/m1/s1. The second kappa shape index (κ2) is 12.8. The van der Waals surface area contributed by atoms with E-state index >= 15 is 0 Å². The van der Waals surface area contributed by atoms with Gasteiger partial charge in [0.2, 0.25) is 12.4 Å². The van der Waals surface area contributed by atoms with Crippen molar-refractivity contribution < 1.29 is 62.2 Å². The van der Waals surface area contributed by atoms with Gasteiger partial charge < -0.3 is 43.1 Å². The molecule has 3 aromatic rings.